The van der Waals surface area contributed by atoms with Crippen LogP contribution in [-0.2, 0) is 0 Å². The van der Waals surface area contributed by atoms with E-state index in [0.29, 0.717) is 0 Å². The molecule has 0 spiro atoms. The first-order valence-electron chi connectivity index (χ1n) is 4.71. The van der Waals surface area contributed by atoms with Crippen molar-refractivity contribution in [3.8, 4) is 0 Å². The smallest absolute Gasteiger partial charge is 0.0512 e. The van der Waals surface area contributed by atoms with Crippen LogP contribution in [0.2, 0.25) is 0 Å². The zero-order chi connectivity index (χ0) is 9.23. The van der Waals surface area contributed by atoms with E-state index in [0.717, 1.165) is 32.1 Å². The van der Waals surface area contributed by atoms with Gasteiger partial charge in [0.15, 0.2) is 0 Å². The molecule has 0 saturated heterocycles. The molecule has 0 fully saturated rings. The molecule has 2 N–H and O–H groups in total. The van der Waals surface area contributed by atoms with Gasteiger partial charge in [0.2, 0.25) is 0 Å². The predicted molar refractivity (Wildman–Crippen MR) is 51.0 cm³/mol. The molecule has 0 amide bonds. The Labute approximate surface area is 74.9 Å². The summed E-state index contributed by atoms with van der Waals surface area (Å²) in [7, 11) is 0. The summed E-state index contributed by atoms with van der Waals surface area (Å²) in [6.07, 6.45) is 8.83. The maximum Gasteiger partial charge on any atom is 0.0512 e. The molecule has 2 heteroatoms. The fourth-order valence-electron chi connectivity index (χ4n) is 0.976. The van der Waals surface area contributed by atoms with Crippen LogP contribution in [0.4, 0.5) is 0 Å². The average Bonchev–Trinajstić information content (AvgIpc) is 2.02. The fourth-order valence-corrected chi connectivity index (χ4v) is 0.976. The van der Waals surface area contributed by atoms with Gasteiger partial charge < -0.3 is 10.2 Å². The number of allylic oxidation sites excluding steroid dienone is 2. The summed E-state index contributed by atoms with van der Waals surface area (Å²) in [5, 5.41) is 17.4. The topological polar surface area (TPSA) is 40.5 Å². The highest BCUT2D eigenvalue weighted by atomic mass is 16.3. The summed E-state index contributed by atoms with van der Waals surface area (Å²) in [6, 6.07) is 0. The van der Waals surface area contributed by atoms with Crippen molar-refractivity contribution in [1.29, 1.82) is 0 Å². The van der Waals surface area contributed by atoms with Crippen molar-refractivity contribution in [1.82, 2.24) is 0 Å². The molecular weight excluding hydrogens is 152 g/mol. The highest BCUT2D eigenvalue weighted by Gasteiger charge is 1.92. The van der Waals surface area contributed by atoms with Gasteiger partial charge in [-0.3, -0.25) is 0 Å². The summed E-state index contributed by atoms with van der Waals surface area (Å²) in [4.78, 5) is 0. The molecule has 72 valence electrons. The Balaban J connectivity index is 3.03. The standard InChI is InChI=1S/C10H20O2/c1-10(12)8-6-4-2-3-5-7-9-11/h2-3,10-12H,4-9H2,1H3. The van der Waals surface area contributed by atoms with Gasteiger partial charge in [-0.15, -0.1) is 0 Å². The molecule has 0 radical (unpaired) electrons. The minimum atomic E-state index is -0.171. The molecule has 0 aromatic carbocycles. The van der Waals surface area contributed by atoms with Crippen LogP contribution in [0.15, 0.2) is 12.2 Å². The monoisotopic (exact) mass is 172 g/mol. The number of hydrogen-bond donors (Lipinski definition) is 2. The lowest BCUT2D eigenvalue weighted by atomic mass is 10.1. The largest absolute Gasteiger partial charge is 0.396 e. The van der Waals surface area contributed by atoms with E-state index in [1.165, 1.54) is 0 Å². The van der Waals surface area contributed by atoms with Gasteiger partial charge in [0.25, 0.3) is 0 Å². The third-order valence-electron chi connectivity index (χ3n) is 1.69. The molecule has 12 heavy (non-hydrogen) atoms. The Morgan fingerprint density at radius 2 is 1.75 bits per heavy atom. The first-order chi connectivity index (χ1) is 5.77. The lowest BCUT2D eigenvalue weighted by molar-refractivity contribution is 0.182. The van der Waals surface area contributed by atoms with Gasteiger partial charge in [-0.25, -0.2) is 0 Å². The Morgan fingerprint density at radius 1 is 1.17 bits per heavy atom. The first kappa shape index (κ1) is 11.7. The molecule has 1 atom stereocenters. The molecule has 0 rings (SSSR count). The van der Waals surface area contributed by atoms with Gasteiger partial charge in [0.05, 0.1) is 6.10 Å². The maximum atomic E-state index is 8.94. The quantitative estimate of drug-likeness (QED) is 0.454. The Kier molecular flexibility index (Phi) is 8.51. The van der Waals surface area contributed by atoms with Crippen LogP contribution >= 0.6 is 0 Å². The van der Waals surface area contributed by atoms with Gasteiger partial charge in [0, 0.05) is 6.61 Å². The summed E-state index contributed by atoms with van der Waals surface area (Å²) in [5.41, 5.74) is 0. The zero-order valence-corrected chi connectivity index (χ0v) is 7.87. The highest BCUT2D eigenvalue weighted by Crippen LogP contribution is 2.01. The van der Waals surface area contributed by atoms with Gasteiger partial charge in [-0.1, -0.05) is 12.2 Å². The zero-order valence-electron chi connectivity index (χ0n) is 7.87. The van der Waals surface area contributed by atoms with E-state index in [1.807, 2.05) is 6.92 Å². The summed E-state index contributed by atoms with van der Waals surface area (Å²) in [6.45, 7) is 2.09. The van der Waals surface area contributed by atoms with Crippen LogP contribution in [0.1, 0.15) is 39.0 Å². The van der Waals surface area contributed by atoms with Crippen LogP contribution in [0.25, 0.3) is 0 Å². The van der Waals surface area contributed by atoms with Crippen LogP contribution in [0, 0.1) is 0 Å². The van der Waals surface area contributed by atoms with Crippen LogP contribution < -0.4 is 0 Å². The minimum Gasteiger partial charge on any atom is -0.396 e. The Hall–Kier alpha value is -0.340. The molecule has 1 unspecified atom stereocenters. The maximum absolute atomic E-state index is 8.94. The molecule has 2 nitrogen and oxygen atoms in total. The SMILES string of the molecule is CC(O)CCCC=CCCCO. The highest BCUT2D eigenvalue weighted by molar-refractivity contribution is 4.81. The number of hydrogen-bond acceptors (Lipinski definition) is 2. The van der Waals surface area contributed by atoms with Crippen LogP contribution in [-0.4, -0.2) is 22.9 Å². The second-order valence-electron chi connectivity index (χ2n) is 3.12. The van der Waals surface area contributed by atoms with Crippen molar-refractivity contribution in [2.75, 3.05) is 6.61 Å². The third kappa shape index (κ3) is 9.66. The van der Waals surface area contributed by atoms with Crippen LogP contribution in [0.3, 0.4) is 0 Å². The van der Waals surface area contributed by atoms with Crippen molar-refractivity contribution >= 4 is 0 Å². The molecular formula is C10H20O2. The van der Waals surface area contributed by atoms with Gasteiger partial charge in [0.1, 0.15) is 0 Å². The summed E-state index contributed by atoms with van der Waals surface area (Å²) in [5.74, 6) is 0. The molecule has 0 aromatic heterocycles. The Bertz CT molecular complexity index is 108. The number of unbranched alkanes of at least 4 members (excludes halogenated alkanes) is 2. The summed E-state index contributed by atoms with van der Waals surface area (Å²) >= 11 is 0. The van der Waals surface area contributed by atoms with E-state index in [1.54, 1.807) is 0 Å². The Morgan fingerprint density at radius 3 is 2.25 bits per heavy atom. The normalized spacial score (nSPS) is 13.9. The van der Waals surface area contributed by atoms with E-state index in [9.17, 15) is 0 Å². The molecule has 0 aromatic rings. The lowest BCUT2D eigenvalue weighted by Gasteiger charge is -1.99. The van der Waals surface area contributed by atoms with E-state index in [4.69, 9.17) is 10.2 Å². The van der Waals surface area contributed by atoms with E-state index in [2.05, 4.69) is 12.2 Å². The average molecular weight is 172 g/mol. The molecule has 0 aliphatic heterocycles. The van der Waals surface area contributed by atoms with Gasteiger partial charge in [-0.2, -0.15) is 0 Å². The summed E-state index contributed by atoms with van der Waals surface area (Å²) < 4.78 is 0. The lowest BCUT2D eigenvalue weighted by Crippen LogP contribution is -1.97. The number of aliphatic hydroxyl groups is 2. The number of rotatable bonds is 7. The minimum absolute atomic E-state index is 0.171. The first-order valence-corrected chi connectivity index (χ1v) is 4.71. The van der Waals surface area contributed by atoms with E-state index < -0.39 is 0 Å². The second kappa shape index (κ2) is 8.75. The van der Waals surface area contributed by atoms with E-state index in [-0.39, 0.29) is 12.7 Å². The van der Waals surface area contributed by atoms with Crippen molar-refractivity contribution in [2.24, 2.45) is 0 Å². The fraction of sp³-hybridized carbons (Fsp3) is 0.800. The van der Waals surface area contributed by atoms with Crippen molar-refractivity contribution in [2.45, 2.75) is 45.1 Å². The second-order valence-corrected chi connectivity index (χ2v) is 3.12. The van der Waals surface area contributed by atoms with Crippen molar-refractivity contribution in [3.63, 3.8) is 0 Å². The van der Waals surface area contributed by atoms with Crippen molar-refractivity contribution < 1.29 is 10.2 Å². The van der Waals surface area contributed by atoms with E-state index >= 15 is 0 Å². The molecule has 0 aliphatic rings. The predicted octanol–water partition coefficient (Wildman–Crippen LogP) is 1.87. The number of aliphatic hydroxyl groups excluding tert-OH is 2. The van der Waals surface area contributed by atoms with Gasteiger partial charge >= 0.3 is 0 Å². The third-order valence-corrected chi connectivity index (χ3v) is 1.69. The molecule has 0 aliphatic carbocycles. The molecule has 0 saturated carbocycles. The molecule has 0 bridgehead atoms. The van der Waals surface area contributed by atoms with Crippen molar-refractivity contribution in [3.05, 3.63) is 12.2 Å². The van der Waals surface area contributed by atoms with Crippen LogP contribution in [0.5, 0.6) is 0 Å². The molecule has 0 heterocycles. The van der Waals surface area contributed by atoms with Gasteiger partial charge in [-0.05, 0) is 39.0 Å².